The maximum atomic E-state index is 12.5. The molecule has 23 heavy (non-hydrogen) atoms. The van der Waals surface area contributed by atoms with E-state index in [1.807, 2.05) is 25.9 Å². The van der Waals surface area contributed by atoms with Crippen LogP contribution in [0.25, 0.3) is 10.9 Å². The van der Waals surface area contributed by atoms with E-state index in [0.717, 1.165) is 13.0 Å². The SMILES string of the molecule is CCOc1ccc2[nH]cc(C(=O)NCCCN(C)C)c(=O)c2c1. The van der Waals surface area contributed by atoms with Crippen LogP contribution in [0.5, 0.6) is 5.75 Å². The third-order valence-electron chi connectivity index (χ3n) is 3.48. The first kappa shape index (κ1) is 17.0. The molecule has 2 aromatic rings. The fraction of sp³-hybridized carbons (Fsp3) is 0.412. The van der Waals surface area contributed by atoms with Crippen molar-refractivity contribution in [2.45, 2.75) is 13.3 Å². The van der Waals surface area contributed by atoms with Crippen LogP contribution >= 0.6 is 0 Å². The summed E-state index contributed by atoms with van der Waals surface area (Å²) in [5, 5.41) is 3.24. The standard InChI is InChI=1S/C17H23N3O3/c1-4-23-12-6-7-15-13(10-12)16(21)14(11-19-15)17(22)18-8-5-9-20(2)3/h6-7,10-11H,4-5,8-9H2,1-3H3,(H,18,22)(H,19,21). The van der Waals surface area contributed by atoms with E-state index in [1.54, 1.807) is 18.2 Å². The van der Waals surface area contributed by atoms with E-state index in [-0.39, 0.29) is 16.9 Å². The van der Waals surface area contributed by atoms with Crippen molar-refractivity contribution < 1.29 is 9.53 Å². The molecule has 0 bridgehead atoms. The molecule has 2 rings (SSSR count). The molecule has 1 aromatic heterocycles. The second kappa shape index (κ2) is 7.78. The highest BCUT2D eigenvalue weighted by atomic mass is 16.5. The first-order valence-corrected chi connectivity index (χ1v) is 7.74. The van der Waals surface area contributed by atoms with Crippen LogP contribution < -0.4 is 15.5 Å². The fourth-order valence-corrected chi connectivity index (χ4v) is 2.32. The first-order chi connectivity index (χ1) is 11.0. The Morgan fingerprint density at radius 1 is 1.35 bits per heavy atom. The van der Waals surface area contributed by atoms with Gasteiger partial charge < -0.3 is 19.9 Å². The van der Waals surface area contributed by atoms with E-state index in [2.05, 4.69) is 10.3 Å². The van der Waals surface area contributed by atoms with E-state index < -0.39 is 0 Å². The van der Waals surface area contributed by atoms with E-state index in [4.69, 9.17) is 4.74 Å². The summed E-state index contributed by atoms with van der Waals surface area (Å²) >= 11 is 0. The van der Waals surface area contributed by atoms with Crippen molar-refractivity contribution in [2.75, 3.05) is 33.8 Å². The molecule has 0 aliphatic rings. The molecule has 1 heterocycles. The van der Waals surface area contributed by atoms with Gasteiger partial charge in [0.2, 0.25) is 5.43 Å². The van der Waals surface area contributed by atoms with Gasteiger partial charge in [0.25, 0.3) is 5.91 Å². The second-order valence-corrected chi connectivity index (χ2v) is 5.58. The monoisotopic (exact) mass is 317 g/mol. The molecule has 0 atom stereocenters. The number of benzene rings is 1. The lowest BCUT2D eigenvalue weighted by Gasteiger charge is -2.10. The summed E-state index contributed by atoms with van der Waals surface area (Å²) < 4.78 is 5.41. The number of aromatic amines is 1. The van der Waals surface area contributed by atoms with E-state index in [0.29, 0.717) is 29.8 Å². The Morgan fingerprint density at radius 3 is 2.83 bits per heavy atom. The number of amides is 1. The molecule has 0 aliphatic carbocycles. The van der Waals surface area contributed by atoms with Crippen molar-refractivity contribution >= 4 is 16.8 Å². The predicted molar refractivity (Wildman–Crippen MR) is 91.2 cm³/mol. The van der Waals surface area contributed by atoms with Gasteiger partial charge in [0.05, 0.1) is 6.61 Å². The number of rotatable bonds is 7. The average Bonchev–Trinajstić information content (AvgIpc) is 2.52. The minimum absolute atomic E-state index is 0.121. The fourth-order valence-electron chi connectivity index (χ4n) is 2.32. The lowest BCUT2D eigenvalue weighted by molar-refractivity contribution is 0.0951. The summed E-state index contributed by atoms with van der Waals surface area (Å²) in [6.07, 6.45) is 2.30. The van der Waals surface area contributed by atoms with Gasteiger partial charge in [0.15, 0.2) is 0 Å². The topological polar surface area (TPSA) is 74.4 Å². The zero-order valence-corrected chi connectivity index (χ0v) is 13.8. The lowest BCUT2D eigenvalue weighted by Crippen LogP contribution is -2.31. The Labute approximate surface area is 135 Å². The van der Waals surface area contributed by atoms with Gasteiger partial charge in [-0.05, 0) is 52.2 Å². The molecule has 6 nitrogen and oxygen atoms in total. The number of aromatic nitrogens is 1. The van der Waals surface area contributed by atoms with Crippen LogP contribution in [-0.2, 0) is 0 Å². The van der Waals surface area contributed by atoms with Crippen molar-refractivity contribution in [2.24, 2.45) is 0 Å². The van der Waals surface area contributed by atoms with Crippen molar-refractivity contribution in [3.63, 3.8) is 0 Å². The number of nitrogens with one attached hydrogen (secondary N) is 2. The molecule has 0 fully saturated rings. The van der Waals surface area contributed by atoms with Crippen LogP contribution in [0, 0.1) is 0 Å². The Kier molecular flexibility index (Phi) is 5.76. The van der Waals surface area contributed by atoms with Crippen LogP contribution in [0.2, 0.25) is 0 Å². The van der Waals surface area contributed by atoms with Gasteiger partial charge in [-0.3, -0.25) is 9.59 Å². The van der Waals surface area contributed by atoms with Crippen LogP contribution in [0.15, 0.2) is 29.2 Å². The Morgan fingerprint density at radius 2 is 2.13 bits per heavy atom. The summed E-state index contributed by atoms with van der Waals surface area (Å²) in [6.45, 7) is 3.82. The number of carbonyl (C=O) groups excluding carboxylic acids is 1. The number of ether oxygens (including phenoxy) is 1. The molecule has 0 unspecified atom stereocenters. The summed E-state index contributed by atoms with van der Waals surface area (Å²) in [6, 6.07) is 5.24. The van der Waals surface area contributed by atoms with Crippen molar-refractivity contribution in [1.82, 2.24) is 15.2 Å². The first-order valence-electron chi connectivity index (χ1n) is 7.74. The molecule has 0 aliphatic heterocycles. The summed E-state index contributed by atoms with van der Waals surface area (Å²) in [5.41, 5.74) is 0.518. The quantitative estimate of drug-likeness (QED) is 0.761. The molecule has 6 heteroatoms. The highest BCUT2D eigenvalue weighted by Gasteiger charge is 2.13. The number of carbonyl (C=O) groups is 1. The minimum Gasteiger partial charge on any atom is -0.494 e. The molecular formula is C17H23N3O3. The summed E-state index contributed by atoms with van der Waals surface area (Å²) in [4.78, 5) is 29.8. The molecule has 0 saturated heterocycles. The van der Waals surface area contributed by atoms with Gasteiger partial charge in [-0.25, -0.2) is 0 Å². The molecule has 2 N–H and O–H groups in total. The third kappa shape index (κ3) is 4.32. The minimum atomic E-state index is -0.353. The average molecular weight is 317 g/mol. The van der Waals surface area contributed by atoms with E-state index in [1.165, 1.54) is 6.20 Å². The maximum absolute atomic E-state index is 12.5. The maximum Gasteiger partial charge on any atom is 0.256 e. The number of H-pyrrole nitrogens is 1. The largest absolute Gasteiger partial charge is 0.494 e. The highest BCUT2D eigenvalue weighted by molar-refractivity contribution is 5.97. The van der Waals surface area contributed by atoms with E-state index in [9.17, 15) is 9.59 Å². The zero-order chi connectivity index (χ0) is 16.8. The van der Waals surface area contributed by atoms with Crippen LogP contribution in [0.1, 0.15) is 23.7 Å². The molecule has 1 aromatic carbocycles. The van der Waals surface area contributed by atoms with Gasteiger partial charge in [0, 0.05) is 23.6 Å². The van der Waals surface area contributed by atoms with Gasteiger partial charge in [-0.15, -0.1) is 0 Å². The Hall–Kier alpha value is -2.34. The number of hydrogen-bond acceptors (Lipinski definition) is 4. The molecular weight excluding hydrogens is 294 g/mol. The number of pyridine rings is 1. The molecule has 0 radical (unpaired) electrons. The molecule has 1 amide bonds. The van der Waals surface area contributed by atoms with Crippen LogP contribution in [0.3, 0.4) is 0 Å². The zero-order valence-electron chi connectivity index (χ0n) is 13.8. The molecule has 0 spiro atoms. The van der Waals surface area contributed by atoms with Crippen molar-refractivity contribution in [3.8, 4) is 5.75 Å². The summed E-state index contributed by atoms with van der Waals surface area (Å²) in [7, 11) is 3.96. The number of fused-ring (bicyclic) bond motifs is 1. The molecule has 124 valence electrons. The normalized spacial score (nSPS) is 11.0. The lowest BCUT2D eigenvalue weighted by atomic mass is 10.1. The highest BCUT2D eigenvalue weighted by Crippen LogP contribution is 2.17. The van der Waals surface area contributed by atoms with Crippen LogP contribution in [-0.4, -0.2) is 49.6 Å². The van der Waals surface area contributed by atoms with Gasteiger partial charge in [0.1, 0.15) is 11.3 Å². The van der Waals surface area contributed by atoms with Crippen molar-refractivity contribution in [1.29, 1.82) is 0 Å². The second-order valence-electron chi connectivity index (χ2n) is 5.58. The third-order valence-corrected chi connectivity index (χ3v) is 3.48. The number of hydrogen-bond donors (Lipinski definition) is 2. The van der Waals surface area contributed by atoms with Crippen LogP contribution in [0.4, 0.5) is 0 Å². The Bertz CT molecular complexity index is 737. The summed E-state index contributed by atoms with van der Waals surface area (Å²) in [5.74, 6) is 0.266. The Balaban J connectivity index is 2.18. The number of nitrogens with zero attached hydrogens (tertiary/aromatic N) is 1. The predicted octanol–water partition coefficient (Wildman–Crippen LogP) is 1.61. The van der Waals surface area contributed by atoms with E-state index >= 15 is 0 Å². The van der Waals surface area contributed by atoms with Gasteiger partial charge in [-0.2, -0.15) is 0 Å². The van der Waals surface area contributed by atoms with Gasteiger partial charge >= 0.3 is 0 Å². The smallest absolute Gasteiger partial charge is 0.256 e. The van der Waals surface area contributed by atoms with Gasteiger partial charge in [-0.1, -0.05) is 0 Å². The van der Waals surface area contributed by atoms with Crippen molar-refractivity contribution in [3.05, 3.63) is 40.2 Å². The molecule has 0 saturated carbocycles.